The molecule has 43 heavy (non-hydrogen) atoms. The Morgan fingerprint density at radius 3 is 2.42 bits per heavy atom. The summed E-state index contributed by atoms with van der Waals surface area (Å²) < 4.78 is 45.3. The normalized spacial score (nSPS) is 15.3. The van der Waals surface area contributed by atoms with Crippen LogP contribution < -0.4 is 5.32 Å². The number of hydrogen-bond donors (Lipinski definition) is 1. The van der Waals surface area contributed by atoms with Crippen molar-refractivity contribution in [3.05, 3.63) is 70.9 Å². The number of amides is 2. The molecule has 1 atom stereocenters. The molecule has 0 aliphatic carbocycles. The molecular formula is C31H34F2N4O6. The maximum atomic E-state index is 14.6. The molecule has 0 radical (unpaired) electrons. The number of likely N-dealkylation sites (tertiary alicyclic amines) is 1. The Hall–Kier alpha value is -4.29. The maximum Gasteiger partial charge on any atom is 0.417 e. The Labute approximate surface area is 248 Å². The number of piperidine rings is 1. The number of imide groups is 1. The van der Waals surface area contributed by atoms with Crippen molar-refractivity contribution in [2.24, 2.45) is 0 Å². The van der Waals surface area contributed by atoms with E-state index in [9.17, 15) is 23.2 Å². The van der Waals surface area contributed by atoms with E-state index in [2.05, 4.69) is 15.3 Å². The zero-order chi connectivity index (χ0) is 31.1. The number of nitrogens with zero attached hydrogens (tertiary/aromatic N) is 3. The highest BCUT2D eigenvalue weighted by Crippen LogP contribution is 2.32. The van der Waals surface area contributed by atoms with Crippen LogP contribution in [-0.4, -0.2) is 58.7 Å². The SMILES string of the molecule is CCOCOCc1c(C=O)nc(-c2c(F)cccc2F)nc1Nc1ccc(C2CCCN(C(=O)OC(C)(C)C)C2=O)cc1. The van der Waals surface area contributed by atoms with Gasteiger partial charge in [0.25, 0.3) is 0 Å². The van der Waals surface area contributed by atoms with Gasteiger partial charge < -0.3 is 19.5 Å². The van der Waals surface area contributed by atoms with Gasteiger partial charge in [-0.05, 0) is 70.4 Å². The lowest BCUT2D eigenvalue weighted by Crippen LogP contribution is -2.46. The lowest BCUT2D eigenvalue weighted by molar-refractivity contribution is -0.134. The van der Waals surface area contributed by atoms with Crippen LogP contribution in [0.2, 0.25) is 0 Å². The summed E-state index contributed by atoms with van der Waals surface area (Å²) in [5.41, 5.74) is 0.156. The highest BCUT2D eigenvalue weighted by atomic mass is 19.1. The number of benzene rings is 2. The van der Waals surface area contributed by atoms with Gasteiger partial charge in [-0.2, -0.15) is 0 Å². The smallest absolute Gasteiger partial charge is 0.417 e. The second-order valence-electron chi connectivity index (χ2n) is 10.8. The number of halogens is 2. The third-order valence-corrected chi connectivity index (χ3v) is 6.58. The minimum Gasteiger partial charge on any atom is -0.443 e. The number of aldehydes is 1. The molecule has 4 rings (SSSR count). The summed E-state index contributed by atoms with van der Waals surface area (Å²) in [6.45, 7) is 7.55. The van der Waals surface area contributed by atoms with E-state index in [0.717, 1.165) is 17.0 Å². The molecule has 1 aliphatic rings. The van der Waals surface area contributed by atoms with E-state index in [0.29, 0.717) is 37.0 Å². The summed E-state index contributed by atoms with van der Waals surface area (Å²) in [5.74, 6) is -2.86. The Morgan fingerprint density at radius 2 is 1.79 bits per heavy atom. The lowest BCUT2D eigenvalue weighted by atomic mass is 9.90. The van der Waals surface area contributed by atoms with Gasteiger partial charge in [0.2, 0.25) is 5.91 Å². The predicted molar refractivity (Wildman–Crippen MR) is 154 cm³/mol. The second kappa shape index (κ2) is 13.8. The molecule has 0 saturated carbocycles. The standard InChI is InChI=1S/C31H34F2N4O6/c1-5-41-18-42-17-22-25(16-38)35-28(26-23(32)9-6-10-24(26)33)36-27(22)34-20-13-11-19(12-14-20)21-8-7-15-37(29(21)39)30(40)43-31(2,3)4/h6,9-14,16,21H,5,7-8,15,17-18H2,1-4H3,(H,34,35,36). The van der Waals surface area contributed by atoms with Crippen molar-refractivity contribution in [3.63, 3.8) is 0 Å². The van der Waals surface area contributed by atoms with Crippen molar-refractivity contribution in [1.29, 1.82) is 0 Å². The molecule has 1 aliphatic heterocycles. The van der Waals surface area contributed by atoms with Crippen LogP contribution in [0.5, 0.6) is 0 Å². The number of anilines is 2. The van der Waals surface area contributed by atoms with Crippen molar-refractivity contribution in [2.45, 2.75) is 58.7 Å². The van der Waals surface area contributed by atoms with E-state index in [1.54, 1.807) is 52.0 Å². The van der Waals surface area contributed by atoms with Gasteiger partial charge in [-0.25, -0.2) is 28.4 Å². The van der Waals surface area contributed by atoms with Crippen molar-refractivity contribution in [1.82, 2.24) is 14.9 Å². The van der Waals surface area contributed by atoms with Crippen LogP contribution in [0.4, 0.5) is 25.1 Å². The summed E-state index contributed by atoms with van der Waals surface area (Å²) in [4.78, 5) is 47.4. The van der Waals surface area contributed by atoms with Crippen molar-refractivity contribution < 1.29 is 37.4 Å². The average Bonchev–Trinajstić information content (AvgIpc) is 2.95. The first-order chi connectivity index (χ1) is 20.5. The molecule has 10 nitrogen and oxygen atoms in total. The van der Waals surface area contributed by atoms with Crippen LogP contribution in [0, 0.1) is 11.6 Å². The maximum absolute atomic E-state index is 14.6. The molecule has 1 N–H and O–H groups in total. The first kappa shape index (κ1) is 31.6. The quantitative estimate of drug-likeness (QED) is 0.167. The molecule has 0 spiro atoms. The van der Waals surface area contributed by atoms with Gasteiger partial charge in [0.1, 0.15) is 35.5 Å². The van der Waals surface area contributed by atoms with Gasteiger partial charge in [-0.1, -0.05) is 18.2 Å². The fourth-order valence-corrected chi connectivity index (χ4v) is 4.57. The first-order valence-electron chi connectivity index (χ1n) is 13.9. The molecule has 2 heterocycles. The topological polar surface area (TPSA) is 120 Å². The van der Waals surface area contributed by atoms with E-state index in [-0.39, 0.29) is 48.8 Å². The third-order valence-electron chi connectivity index (χ3n) is 6.58. The molecule has 2 amide bonds. The van der Waals surface area contributed by atoms with Gasteiger partial charge in [-0.3, -0.25) is 9.59 Å². The summed E-state index contributed by atoms with van der Waals surface area (Å²) >= 11 is 0. The van der Waals surface area contributed by atoms with Crippen LogP contribution >= 0.6 is 0 Å². The minimum atomic E-state index is -0.884. The van der Waals surface area contributed by atoms with E-state index >= 15 is 0 Å². The second-order valence-corrected chi connectivity index (χ2v) is 10.8. The van der Waals surface area contributed by atoms with Gasteiger partial charge in [-0.15, -0.1) is 0 Å². The highest BCUT2D eigenvalue weighted by molar-refractivity contribution is 5.96. The molecule has 228 valence electrons. The number of hydrogen-bond acceptors (Lipinski definition) is 9. The Kier molecular flexibility index (Phi) is 10.1. The largest absolute Gasteiger partial charge is 0.443 e. The monoisotopic (exact) mass is 596 g/mol. The fourth-order valence-electron chi connectivity index (χ4n) is 4.57. The number of carbonyl (C=O) groups excluding carboxylic acids is 3. The molecule has 3 aromatic rings. The van der Waals surface area contributed by atoms with Crippen LogP contribution in [0.25, 0.3) is 11.4 Å². The summed E-state index contributed by atoms with van der Waals surface area (Å²) in [5, 5.41) is 3.09. The van der Waals surface area contributed by atoms with Gasteiger partial charge in [0.15, 0.2) is 12.1 Å². The molecule has 1 unspecified atom stereocenters. The minimum absolute atomic E-state index is 0.0532. The fraction of sp³-hybridized carbons (Fsp3) is 0.387. The molecule has 1 fully saturated rings. The number of ether oxygens (including phenoxy) is 3. The van der Waals surface area contributed by atoms with Crippen molar-refractivity contribution in [3.8, 4) is 11.4 Å². The van der Waals surface area contributed by atoms with E-state index in [4.69, 9.17) is 14.2 Å². The molecular weight excluding hydrogens is 562 g/mol. The number of aromatic nitrogens is 2. The third kappa shape index (κ3) is 7.76. The summed E-state index contributed by atoms with van der Waals surface area (Å²) in [7, 11) is 0. The molecule has 2 aromatic carbocycles. The summed E-state index contributed by atoms with van der Waals surface area (Å²) in [6, 6.07) is 10.3. The van der Waals surface area contributed by atoms with Crippen molar-refractivity contribution in [2.75, 3.05) is 25.3 Å². The molecule has 12 heteroatoms. The van der Waals surface area contributed by atoms with E-state index < -0.39 is 34.8 Å². The van der Waals surface area contributed by atoms with Crippen LogP contribution in [0.15, 0.2) is 42.5 Å². The van der Waals surface area contributed by atoms with Crippen LogP contribution in [0.1, 0.15) is 68.1 Å². The Balaban J connectivity index is 1.63. The average molecular weight is 597 g/mol. The molecule has 1 aromatic heterocycles. The molecule has 0 bridgehead atoms. The summed E-state index contributed by atoms with van der Waals surface area (Å²) in [6.07, 6.45) is 0.989. The highest BCUT2D eigenvalue weighted by Gasteiger charge is 2.36. The van der Waals surface area contributed by atoms with Crippen LogP contribution in [0.3, 0.4) is 0 Å². The number of rotatable bonds is 10. The Morgan fingerprint density at radius 1 is 1.09 bits per heavy atom. The lowest BCUT2D eigenvalue weighted by Gasteiger charge is -2.32. The van der Waals surface area contributed by atoms with E-state index in [1.165, 1.54) is 6.07 Å². The van der Waals surface area contributed by atoms with Gasteiger partial charge in [0.05, 0.1) is 18.1 Å². The zero-order valence-electron chi connectivity index (χ0n) is 24.5. The van der Waals surface area contributed by atoms with Crippen molar-refractivity contribution >= 4 is 29.8 Å². The zero-order valence-corrected chi connectivity index (χ0v) is 24.5. The molecule has 1 saturated heterocycles. The van der Waals surface area contributed by atoms with E-state index in [1.807, 2.05) is 0 Å². The van der Waals surface area contributed by atoms with Gasteiger partial charge in [0, 0.05) is 24.4 Å². The number of nitrogens with one attached hydrogen (secondary N) is 1. The Bertz CT molecular complexity index is 1460. The van der Waals surface area contributed by atoms with Crippen LogP contribution in [-0.2, 0) is 25.6 Å². The predicted octanol–water partition coefficient (Wildman–Crippen LogP) is 6.13. The van der Waals surface area contributed by atoms with Gasteiger partial charge >= 0.3 is 6.09 Å². The number of carbonyl (C=O) groups is 3. The first-order valence-corrected chi connectivity index (χ1v) is 13.9.